The number of esters is 2. The van der Waals surface area contributed by atoms with Crippen molar-refractivity contribution in [3.05, 3.63) is 36.2 Å². The first kappa shape index (κ1) is 19.6. The summed E-state index contributed by atoms with van der Waals surface area (Å²) in [5.41, 5.74) is 0.613. The molecule has 0 N–H and O–H groups in total. The number of furan rings is 1. The third-order valence-corrected chi connectivity index (χ3v) is 3.79. The minimum absolute atomic E-state index is 0.0440. The number of hydrogen-bond donors (Lipinski definition) is 0. The van der Waals surface area contributed by atoms with E-state index in [9.17, 15) is 9.59 Å². The van der Waals surface area contributed by atoms with Gasteiger partial charge in [-0.1, -0.05) is 0 Å². The third kappa shape index (κ3) is 4.21. The molecule has 3 heterocycles. The van der Waals surface area contributed by atoms with Gasteiger partial charge < -0.3 is 13.9 Å². The van der Waals surface area contributed by atoms with Gasteiger partial charge in [0.2, 0.25) is 0 Å². The summed E-state index contributed by atoms with van der Waals surface area (Å²) in [5, 5.41) is 4.87. The first-order chi connectivity index (χ1) is 13.2. The van der Waals surface area contributed by atoms with Crippen molar-refractivity contribution >= 4 is 23.0 Å². The van der Waals surface area contributed by atoms with Crippen LogP contribution in [0.25, 0.3) is 22.5 Å². The molecule has 28 heavy (non-hydrogen) atoms. The Labute approximate surface area is 162 Å². The number of aromatic nitrogens is 3. The first-order valence-corrected chi connectivity index (χ1v) is 8.97. The first-order valence-electron chi connectivity index (χ1n) is 8.97. The predicted octanol–water partition coefficient (Wildman–Crippen LogP) is 3.77. The highest BCUT2D eigenvalue weighted by Gasteiger charge is 2.22. The molecule has 0 amide bonds. The van der Waals surface area contributed by atoms with Gasteiger partial charge in [-0.25, -0.2) is 19.3 Å². The lowest BCUT2D eigenvalue weighted by Crippen LogP contribution is -2.27. The fraction of sp³-hybridized carbons (Fsp3) is 0.400. The number of ether oxygens (including phenoxy) is 2. The summed E-state index contributed by atoms with van der Waals surface area (Å²) in [6, 6.07) is 5.11. The van der Waals surface area contributed by atoms with Gasteiger partial charge in [-0.3, -0.25) is 0 Å². The van der Waals surface area contributed by atoms with Gasteiger partial charge in [0.25, 0.3) is 0 Å². The summed E-state index contributed by atoms with van der Waals surface area (Å²) in [4.78, 5) is 29.2. The van der Waals surface area contributed by atoms with Crippen molar-refractivity contribution in [1.82, 2.24) is 14.8 Å². The molecular formula is C20H23N3O5. The molecule has 0 atom stereocenters. The molecule has 3 aromatic heterocycles. The van der Waals surface area contributed by atoms with Crippen molar-refractivity contribution in [3.63, 3.8) is 0 Å². The molecule has 3 aromatic rings. The van der Waals surface area contributed by atoms with E-state index in [4.69, 9.17) is 13.9 Å². The molecule has 0 spiro atoms. The minimum atomic E-state index is -0.658. The van der Waals surface area contributed by atoms with E-state index in [1.807, 2.05) is 13.8 Å². The van der Waals surface area contributed by atoms with Crippen LogP contribution in [0.15, 0.2) is 35.1 Å². The van der Waals surface area contributed by atoms with Crippen LogP contribution in [-0.4, -0.2) is 38.9 Å². The minimum Gasteiger partial charge on any atom is -0.463 e. The fourth-order valence-corrected chi connectivity index (χ4v) is 2.69. The summed E-state index contributed by atoms with van der Waals surface area (Å²) in [5.74, 6) is -0.760. The molecule has 0 aliphatic carbocycles. The quantitative estimate of drug-likeness (QED) is 0.617. The van der Waals surface area contributed by atoms with Crippen LogP contribution < -0.4 is 0 Å². The lowest BCUT2D eigenvalue weighted by atomic mass is 10.1. The van der Waals surface area contributed by atoms with E-state index >= 15 is 0 Å². The van der Waals surface area contributed by atoms with E-state index in [1.165, 1.54) is 6.26 Å². The summed E-state index contributed by atoms with van der Waals surface area (Å²) in [7, 11) is 0. The molecule has 8 nitrogen and oxygen atoms in total. The van der Waals surface area contributed by atoms with Gasteiger partial charge in [-0.15, -0.1) is 0 Å². The molecule has 3 rings (SSSR count). The van der Waals surface area contributed by atoms with Gasteiger partial charge in [0.15, 0.2) is 18.0 Å². The largest absolute Gasteiger partial charge is 0.463 e. The number of fused-ring (bicyclic) bond motifs is 1. The zero-order valence-corrected chi connectivity index (χ0v) is 16.6. The lowest BCUT2D eigenvalue weighted by Gasteiger charge is -2.19. The number of carbonyl (C=O) groups excluding carboxylic acids is 2. The van der Waals surface area contributed by atoms with E-state index in [0.29, 0.717) is 22.5 Å². The monoisotopic (exact) mass is 385 g/mol. The second-order valence-electron chi connectivity index (χ2n) is 7.62. The Morgan fingerprint density at radius 1 is 1.29 bits per heavy atom. The standard InChI is InChI=1S/C20H23N3O5/c1-12(2)23-18-14(10-21-23)13(9-15(22-18)16-7-6-8-26-16)19(25)27-11-17(24)28-20(3,4)5/h6-10,12H,11H2,1-5H3. The normalized spacial score (nSPS) is 11.8. The molecule has 0 radical (unpaired) electrons. The smallest absolute Gasteiger partial charge is 0.344 e. The maximum Gasteiger partial charge on any atom is 0.344 e. The van der Waals surface area contributed by atoms with Crippen LogP contribution in [0.5, 0.6) is 0 Å². The van der Waals surface area contributed by atoms with Crippen LogP contribution in [0.4, 0.5) is 0 Å². The average molecular weight is 385 g/mol. The number of pyridine rings is 1. The summed E-state index contributed by atoms with van der Waals surface area (Å²) < 4.78 is 17.5. The average Bonchev–Trinajstić information content (AvgIpc) is 3.26. The molecule has 0 saturated heterocycles. The molecule has 0 saturated carbocycles. The SMILES string of the molecule is CC(C)n1ncc2c(C(=O)OCC(=O)OC(C)(C)C)cc(-c3ccco3)nc21. The van der Waals surface area contributed by atoms with Crippen molar-refractivity contribution < 1.29 is 23.5 Å². The number of nitrogens with zero attached hydrogens (tertiary/aromatic N) is 3. The Hall–Kier alpha value is -3.16. The fourth-order valence-electron chi connectivity index (χ4n) is 2.69. The maximum absolute atomic E-state index is 12.7. The van der Waals surface area contributed by atoms with Crippen LogP contribution in [0, 0.1) is 0 Å². The maximum atomic E-state index is 12.7. The summed E-state index contributed by atoms with van der Waals surface area (Å²) in [6.07, 6.45) is 3.10. The van der Waals surface area contributed by atoms with Gasteiger partial charge in [-0.05, 0) is 52.8 Å². The second-order valence-corrected chi connectivity index (χ2v) is 7.62. The van der Waals surface area contributed by atoms with Crippen molar-refractivity contribution in [3.8, 4) is 11.5 Å². The molecule has 0 aromatic carbocycles. The van der Waals surface area contributed by atoms with Crippen LogP contribution >= 0.6 is 0 Å². The van der Waals surface area contributed by atoms with Gasteiger partial charge in [0.05, 0.1) is 23.4 Å². The molecule has 148 valence electrons. The van der Waals surface area contributed by atoms with E-state index < -0.39 is 24.1 Å². The number of carbonyl (C=O) groups is 2. The van der Waals surface area contributed by atoms with Crippen LogP contribution in [0.2, 0.25) is 0 Å². The molecule has 8 heteroatoms. The Morgan fingerprint density at radius 2 is 2.04 bits per heavy atom. The Balaban J connectivity index is 1.95. The lowest BCUT2D eigenvalue weighted by molar-refractivity contribution is -0.158. The van der Waals surface area contributed by atoms with Crippen molar-refractivity contribution in [1.29, 1.82) is 0 Å². The Morgan fingerprint density at radius 3 is 2.64 bits per heavy atom. The van der Waals surface area contributed by atoms with Crippen molar-refractivity contribution in [2.24, 2.45) is 0 Å². The molecule has 0 aliphatic heterocycles. The summed E-state index contributed by atoms with van der Waals surface area (Å²) >= 11 is 0. The molecule has 0 unspecified atom stereocenters. The Bertz CT molecular complexity index is 997. The van der Waals surface area contributed by atoms with Gasteiger partial charge in [0.1, 0.15) is 11.3 Å². The Kier molecular flexibility index (Phi) is 5.22. The van der Waals surface area contributed by atoms with E-state index in [1.54, 1.807) is 49.8 Å². The topological polar surface area (TPSA) is 96.5 Å². The van der Waals surface area contributed by atoms with Crippen molar-refractivity contribution in [2.45, 2.75) is 46.3 Å². The zero-order chi connectivity index (χ0) is 20.5. The predicted molar refractivity (Wildman–Crippen MR) is 102 cm³/mol. The number of rotatable bonds is 5. The molecule has 0 bridgehead atoms. The highest BCUT2D eigenvalue weighted by atomic mass is 16.6. The zero-order valence-electron chi connectivity index (χ0n) is 16.6. The van der Waals surface area contributed by atoms with E-state index in [-0.39, 0.29) is 11.6 Å². The number of hydrogen-bond acceptors (Lipinski definition) is 7. The third-order valence-electron chi connectivity index (χ3n) is 3.79. The second kappa shape index (κ2) is 7.46. The van der Waals surface area contributed by atoms with Crippen molar-refractivity contribution in [2.75, 3.05) is 6.61 Å². The van der Waals surface area contributed by atoms with Gasteiger partial charge in [0, 0.05) is 6.04 Å². The highest BCUT2D eigenvalue weighted by molar-refractivity contribution is 6.04. The van der Waals surface area contributed by atoms with Crippen LogP contribution in [-0.2, 0) is 14.3 Å². The highest BCUT2D eigenvalue weighted by Crippen LogP contribution is 2.27. The summed E-state index contributed by atoms with van der Waals surface area (Å²) in [6.45, 7) is 8.69. The molecule has 0 fully saturated rings. The van der Waals surface area contributed by atoms with Gasteiger partial charge >= 0.3 is 11.9 Å². The van der Waals surface area contributed by atoms with Crippen LogP contribution in [0.3, 0.4) is 0 Å². The van der Waals surface area contributed by atoms with Gasteiger partial charge in [-0.2, -0.15) is 5.10 Å². The molecule has 0 aliphatic rings. The molecular weight excluding hydrogens is 362 g/mol. The van der Waals surface area contributed by atoms with E-state index in [0.717, 1.165) is 0 Å². The van der Waals surface area contributed by atoms with E-state index in [2.05, 4.69) is 10.1 Å². The van der Waals surface area contributed by atoms with Crippen LogP contribution in [0.1, 0.15) is 51.0 Å².